The van der Waals surface area contributed by atoms with E-state index in [1.165, 1.54) is 30.3 Å². The van der Waals surface area contributed by atoms with E-state index >= 15 is 0 Å². The molecule has 2 N–H and O–H groups in total. The second kappa shape index (κ2) is 4.82. The van der Waals surface area contributed by atoms with Crippen LogP contribution in [0.2, 0.25) is 5.02 Å². The SMILES string of the molecule is NCc1ccc(F)cc1-c1cc(F)ccc1Cl. The van der Waals surface area contributed by atoms with Gasteiger partial charge in [-0.3, -0.25) is 0 Å². The van der Waals surface area contributed by atoms with Gasteiger partial charge in [0.15, 0.2) is 0 Å². The van der Waals surface area contributed by atoms with Crippen molar-refractivity contribution in [1.29, 1.82) is 0 Å². The summed E-state index contributed by atoms with van der Waals surface area (Å²) in [5.41, 5.74) is 7.26. The van der Waals surface area contributed by atoms with E-state index in [1.807, 2.05) is 0 Å². The fraction of sp³-hybridized carbons (Fsp3) is 0.0769. The fourth-order valence-corrected chi connectivity index (χ4v) is 1.90. The van der Waals surface area contributed by atoms with E-state index in [0.717, 1.165) is 5.56 Å². The summed E-state index contributed by atoms with van der Waals surface area (Å²) in [4.78, 5) is 0. The zero-order valence-corrected chi connectivity index (χ0v) is 9.64. The molecule has 0 aromatic heterocycles. The molecular formula is C13H10ClF2N. The molecule has 2 aromatic rings. The highest BCUT2D eigenvalue weighted by molar-refractivity contribution is 6.33. The van der Waals surface area contributed by atoms with Gasteiger partial charge in [-0.15, -0.1) is 0 Å². The van der Waals surface area contributed by atoms with Crippen molar-refractivity contribution in [2.45, 2.75) is 6.54 Å². The summed E-state index contributed by atoms with van der Waals surface area (Å²) in [6, 6.07) is 8.18. The Morgan fingerprint density at radius 3 is 2.18 bits per heavy atom. The molecule has 17 heavy (non-hydrogen) atoms. The lowest BCUT2D eigenvalue weighted by atomic mass is 9.99. The Morgan fingerprint density at radius 1 is 0.941 bits per heavy atom. The topological polar surface area (TPSA) is 26.0 Å². The second-order valence-corrected chi connectivity index (χ2v) is 4.04. The van der Waals surface area contributed by atoms with Crippen LogP contribution in [-0.4, -0.2) is 0 Å². The summed E-state index contributed by atoms with van der Waals surface area (Å²) in [6.07, 6.45) is 0. The summed E-state index contributed by atoms with van der Waals surface area (Å²) in [5, 5.41) is 0.367. The minimum Gasteiger partial charge on any atom is -0.326 e. The highest BCUT2D eigenvalue weighted by Gasteiger charge is 2.10. The third-order valence-corrected chi connectivity index (χ3v) is 2.84. The molecule has 4 heteroatoms. The van der Waals surface area contributed by atoms with Gasteiger partial charge < -0.3 is 5.73 Å². The van der Waals surface area contributed by atoms with Crippen molar-refractivity contribution in [3.63, 3.8) is 0 Å². The zero-order valence-electron chi connectivity index (χ0n) is 8.88. The van der Waals surface area contributed by atoms with Gasteiger partial charge in [0.1, 0.15) is 11.6 Å². The molecule has 0 spiro atoms. The van der Waals surface area contributed by atoms with Crippen LogP contribution < -0.4 is 5.73 Å². The number of benzene rings is 2. The van der Waals surface area contributed by atoms with Crippen molar-refractivity contribution in [1.82, 2.24) is 0 Å². The van der Waals surface area contributed by atoms with Crippen LogP contribution in [0.25, 0.3) is 11.1 Å². The van der Waals surface area contributed by atoms with E-state index in [2.05, 4.69) is 0 Å². The lowest BCUT2D eigenvalue weighted by molar-refractivity contribution is 0.625. The third-order valence-electron chi connectivity index (χ3n) is 2.51. The van der Waals surface area contributed by atoms with Gasteiger partial charge in [0, 0.05) is 17.1 Å². The molecular weight excluding hydrogens is 244 g/mol. The Hall–Kier alpha value is -1.45. The van der Waals surface area contributed by atoms with E-state index < -0.39 is 11.6 Å². The predicted molar refractivity (Wildman–Crippen MR) is 64.7 cm³/mol. The first kappa shape index (κ1) is 12.0. The second-order valence-electron chi connectivity index (χ2n) is 3.63. The standard InChI is InChI=1S/C13H10ClF2N/c14-13-4-3-10(16)6-12(13)11-5-9(15)2-1-8(11)7-17/h1-6H,7,17H2. The van der Waals surface area contributed by atoms with Crippen LogP contribution >= 0.6 is 11.6 Å². The maximum Gasteiger partial charge on any atom is 0.123 e. The van der Waals surface area contributed by atoms with Gasteiger partial charge in [-0.1, -0.05) is 17.7 Å². The number of halogens is 3. The molecule has 2 rings (SSSR count). The van der Waals surface area contributed by atoms with Gasteiger partial charge in [-0.25, -0.2) is 8.78 Å². The molecule has 0 saturated carbocycles. The van der Waals surface area contributed by atoms with E-state index in [9.17, 15) is 8.78 Å². The number of rotatable bonds is 2. The van der Waals surface area contributed by atoms with Crippen molar-refractivity contribution in [2.24, 2.45) is 5.73 Å². The molecule has 0 aliphatic heterocycles. The molecule has 0 amide bonds. The van der Waals surface area contributed by atoms with E-state index in [4.69, 9.17) is 17.3 Å². The summed E-state index contributed by atoms with van der Waals surface area (Å²) >= 11 is 5.98. The molecule has 88 valence electrons. The molecule has 0 aliphatic carbocycles. The molecule has 0 atom stereocenters. The van der Waals surface area contributed by atoms with Gasteiger partial charge in [0.05, 0.1) is 0 Å². The normalized spacial score (nSPS) is 10.6. The molecule has 0 aliphatic rings. The number of hydrogen-bond donors (Lipinski definition) is 1. The van der Waals surface area contributed by atoms with Crippen LogP contribution in [0.1, 0.15) is 5.56 Å². The predicted octanol–water partition coefficient (Wildman–Crippen LogP) is 3.74. The Morgan fingerprint density at radius 2 is 1.53 bits per heavy atom. The Labute approximate surface area is 103 Å². The van der Waals surface area contributed by atoms with Gasteiger partial charge >= 0.3 is 0 Å². The summed E-state index contributed by atoms with van der Waals surface area (Å²) in [6.45, 7) is 0.239. The summed E-state index contributed by atoms with van der Waals surface area (Å²) in [7, 11) is 0. The smallest absolute Gasteiger partial charge is 0.123 e. The first-order valence-electron chi connectivity index (χ1n) is 5.05. The van der Waals surface area contributed by atoms with E-state index in [0.29, 0.717) is 16.1 Å². The number of hydrogen-bond acceptors (Lipinski definition) is 1. The number of nitrogens with two attached hydrogens (primary N) is 1. The molecule has 0 radical (unpaired) electrons. The Kier molecular flexibility index (Phi) is 3.41. The molecule has 0 fully saturated rings. The first-order valence-corrected chi connectivity index (χ1v) is 5.43. The largest absolute Gasteiger partial charge is 0.326 e. The van der Waals surface area contributed by atoms with Gasteiger partial charge in [-0.2, -0.15) is 0 Å². The van der Waals surface area contributed by atoms with Gasteiger partial charge in [0.2, 0.25) is 0 Å². The van der Waals surface area contributed by atoms with E-state index in [-0.39, 0.29) is 6.54 Å². The average molecular weight is 254 g/mol. The lowest BCUT2D eigenvalue weighted by Crippen LogP contribution is -2.00. The molecule has 0 bridgehead atoms. The molecule has 0 saturated heterocycles. The molecule has 0 unspecified atom stereocenters. The van der Waals surface area contributed by atoms with Crippen molar-refractivity contribution in [3.05, 3.63) is 58.6 Å². The van der Waals surface area contributed by atoms with Crippen molar-refractivity contribution >= 4 is 11.6 Å². The van der Waals surface area contributed by atoms with Gasteiger partial charge in [-0.05, 0) is 41.5 Å². The van der Waals surface area contributed by atoms with Crippen molar-refractivity contribution < 1.29 is 8.78 Å². The monoisotopic (exact) mass is 253 g/mol. The maximum atomic E-state index is 13.2. The summed E-state index contributed by atoms with van der Waals surface area (Å²) < 4.78 is 26.4. The van der Waals surface area contributed by atoms with Crippen LogP contribution in [0.3, 0.4) is 0 Å². The molecule has 0 heterocycles. The zero-order chi connectivity index (χ0) is 12.4. The fourth-order valence-electron chi connectivity index (χ4n) is 1.68. The van der Waals surface area contributed by atoms with Crippen molar-refractivity contribution in [3.8, 4) is 11.1 Å². The van der Waals surface area contributed by atoms with Crippen LogP contribution in [0, 0.1) is 11.6 Å². The quantitative estimate of drug-likeness (QED) is 0.867. The van der Waals surface area contributed by atoms with Crippen LogP contribution in [0.5, 0.6) is 0 Å². The van der Waals surface area contributed by atoms with Crippen molar-refractivity contribution in [2.75, 3.05) is 0 Å². The minimum atomic E-state index is -0.420. The average Bonchev–Trinajstić information content (AvgIpc) is 2.32. The highest BCUT2D eigenvalue weighted by atomic mass is 35.5. The maximum absolute atomic E-state index is 13.2. The van der Waals surface area contributed by atoms with Crippen LogP contribution in [0.15, 0.2) is 36.4 Å². The van der Waals surface area contributed by atoms with Gasteiger partial charge in [0.25, 0.3) is 0 Å². The Bertz CT molecular complexity index is 555. The molecule has 1 nitrogen and oxygen atoms in total. The lowest BCUT2D eigenvalue weighted by Gasteiger charge is -2.10. The van der Waals surface area contributed by atoms with Crippen LogP contribution in [0.4, 0.5) is 8.78 Å². The van der Waals surface area contributed by atoms with E-state index in [1.54, 1.807) is 6.07 Å². The highest BCUT2D eigenvalue weighted by Crippen LogP contribution is 2.31. The van der Waals surface area contributed by atoms with Crippen LogP contribution in [-0.2, 0) is 6.54 Å². The molecule has 2 aromatic carbocycles. The summed E-state index contributed by atoms with van der Waals surface area (Å²) in [5.74, 6) is -0.825. The first-order chi connectivity index (χ1) is 8.11. The Balaban J connectivity index is 2.66. The third kappa shape index (κ3) is 2.46. The minimum absolute atomic E-state index is 0.239.